The van der Waals surface area contributed by atoms with E-state index < -0.39 is 0 Å². The number of hydrogen-bond donors (Lipinski definition) is 1. The fraction of sp³-hybridized carbons (Fsp3) is 0.0667. The maximum Gasteiger partial charge on any atom is 0.160 e. The Morgan fingerprint density at radius 1 is 1.05 bits per heavy atom. The summed E-state index contributed by atoms with van der Waals surface area (Å²) in [4.78, 5) is 0. The molecule has 0 amide bonds. The molecule has 0 saturated carbocycles. The van der Waals surface area contributed by atoms with Gasteiger partial charge >= 0.3 is 0 Å². The molecule has 3 rings (SSSR count). The van der Waals surface area contributed by atoms with Crippen molar-refractivity contribution < 1.29 is 0 Å². The maximum absolute atomic E-state index is 5.84. The van der Waals surface area contributed by atoms with Gasteiger partial charge in [-0.1, -0.05) is 36.4 Å². The molecule has 3 nitrogen and oxygen atoms in total. The number of alkyl halides is 1. The molecule has 0 bridgehead atoms. The Labute approximate surface area is 116 Å². The Kier molecular flexibility index (Phi) is 3.29. The van der Waals surface area contributed by atoms with Crippen molar-refractivity contribution in [2.45, 2.75) is 5.88 Å². The number of benzene rings is 2. The number of fused-ring (bicyclic) bond motifs is 1. The van der Waals surface area contributed by atoms with Gasteiger partial charge in [-0.3, -0.25) is 0 Å². The van der Waals surface area contributed by atoms with Crippen molar-refractivity contribution in [3.05, 3.63) is 60.3 Å². The van der Waals surface area contributed by atoms with Gasteiger partial charge in [-0.25, -0.2) is 0 Å². The summed E-state index contributed by atoms with van der Waals surface area (Å²) in [7, 11) is 0. The van der Waals surface area contributed by atoms with Crippen LogP contribution in [0.25, 0.3) is 10.8 Å². The van der Waals surface area contributed by atoms with Crippen LogP contribution in [0.2, 0.25) is 0 Å². The predicted molar refractivity (Wildman–Crippen MR) is 78.8 cm³/mol. The SMILES string of the molecule is ClCc1cccc(Nc2nncc3ccccc23)c1. The van der Waals surface area contributed by atoms with Gasteiger partial charge in [0.2, 0.25) is 0 Å². The quantitative estimate of drug-likeness (QED) is 0.727. The van der Waals surface area contributed by atoms with Gasteiger partial charge < -0.3 is 5.32 Å². The minimum Gasteiger partial charge on any atom is -0.338 e. The van der Waals surface area contributed by atoms with Crippen LogP contribution in [0.15, 0.2) is 54.7 Å². The lowest BCUT2D eigenvalue weighted by atomic mass is 10.2. The van der Waals surface area contributed by atoms with Crippen LogP contribution in [0.1, 0.15) is 5.56 Å². The van der Waals surface area contributed by atoms with Gasteiger partial charge in [0.15, 0.2) is 5.82 Å². The van der Waals surface area contributed by atoms with Crippen LogP contribution in [0, 0.1) is 0 Å². The molecule has 3 aromatic rings. The summed E-state index contributed by atoms with van der Waals surface area (Å²) in [6, 6.07) is 16.0. The number of nitrogens with zero attached hydrogens (tertiary/aromatic N) is 2. The molecule has 94 valence electrons. The lowest BCUT2D eigenvalue weighted by Crippen LogP contribution is -1.96. The average molecular weight is 270 g/mol. The first-order valence-corrected chi connectivity index (χ1v) is 6.52. The van der Waals surface area contributed by atoms with Crippen molar-refractivity contribution in [1.82, 2.24) is 10.2 Å². The lowest BCUT2D eigenvalue weighted by molar-refractivity contribution is 1.05. The van der Waals surface area contributed by atoms with Crippen LogP contribution in [0.3, 0.4) is 0 Å². The number of anilines is 2. The number of halogens is 1. The van der Waals surface area contributed by atoms with E-state index >= 15 is 0 Å². The van der Waals surface area contributed by atoms with E-state index in [1.54, 1.807) is 6.20 Å². The fourth-order valence-electron chi connectivity index (χ4n) is 1.99. The second-order valence-corrected chi connectivity index (χ2v) is 4.51. The van der Waals surface area contributed by atoms with Gasteiger partial charge in [0, 0.05) is 22.3 Å². The van der Waals surface area contributed by atoms with Crippen molar-refractivity contribution >= 4 is 33.9 Å². The van der Waals surface area contributed by atoms with Crippen molar-refractivity contribution in [2.24, 2.45) is 0 Å². The third-order valence-electron chi connectivity index (χ3n) is 2.91. The molecule has 0 spiro atoms. The van der Waals surface area contributed by atoms with E-state index in [0.717, 1.165) is 27.8 Å². The number of nitrogens with one attached hydrogen (secondary N) is 1. The normalized spacial score (nSPS) is 10.6. The second-order valence-electron chi connectivity index (χ2n) is 4.24. The monoisotopic (exact) mass is 269 g/mol. The fourth-order valence-corrected chi connectivity index (χ4v) is 2.16. The third kappa shape index (κ3) is 2.51. The highest BCUT2D eigenvalue weighted by Gasteiger charge is 2.03. The topological polar surface area (TPSA) is 37.8 Å². The largest absolute Gasteiger partial charge is 0.338 e. The van der Waals surface area contributed by atoms with E-state index in [4.69, 9.17) is 11.6 Å². The molecule has 2 aromatic carbocycles. The molecule has 0 aliphatic carbocycles. The first-order valence-electron chi connectivity index (χ1n) is 5.99. The van der Waals surface area contributed by atoms with Gasteiger partial charge in [-0.15, -0.1) is 16.7 Å². The molecule has 0 saturated heterocycles. The summed E-state index contributed by atoms with van der Waals surface area (Å²) >= 11 is 5.84. The van der Waals surface area contributed by atoms with Gasteiger partial charge in [0.1, 0.15) is 0 Å². The molecule has 1 N–H and O–H groups in total. The van der Waals surface area contributed by atoms with Crippen LogP contribution >= 0.6 is 11.6 Å². The Morgan fingerprint density at radius 2 is 1.95 bits per heavy atom. The molecule has 1 heterocycles. The highest BCUT2D eigenvalue weighted by atomic mass is 35.5. The van der Waals surface area contributed by atoms with E-state index in [1.165, 1.54) is 0 Å². The summed E-state index contributed by atoms with van der Waals surface area (Å²) in [5.41, 5.74) is 2.03. The predicted octanol–water partition coefficient (Wildman–Crippen LogP) is 4.11. The second kappa shape index (κ2) is 5.24. The smallest absolute Gasteiger partial charge is 0.160 e. The van der Waals surface area contributed by atoms with Crippen LogP contribution in [0.4, 0.5) is 11.5 Å². The zero-order valence-electron chi connectivity index (χ0n) is 10.2. The van der Waals surface area contributed by atoms with E-state index in [-0.39, 0.29) is 0 Å². The maximum atomic E-state index is 5.84. The van der Waals surface area contributed by atoms with Crippen LogP contribution in [-0.2, 0) is 5.88 Å². The molecule has 0 unspecified atom stereocenters. The lowest BCUT2D eigenvalue weighted by Gasteiger charge is -2.08. The van der Waals surface area contributed by atoms with Crippen LogP contribution < -0.4 is 5.32 Å². The minimum absolute atomic E-state index is 0.497. The third-order valence-corrected chi connectivity index (χ3v) is 3.22. The standard InChI is InChI=1S/C15H12ClN3/c16-9-11-4-3-6-13(8-11)18-15-14-7-2-1-5-12(14)10-17-19-15/h1-8,10H,9H2,(H,18,19). The van der Waals surface area contributed by atoms with E-state index in [2.05, 4.69) is 15.5 Å². The van der Waals surface area contributed by atoms with E-state index in [9.17, 15) is 0 Å². The van der Waals surface area contributed by atoms with Crippen LogP contribution in [-0.4, -0.2) is 10.2 Å². The minimum atomic E-state index is 0.497. The highest BCUT2D eigenvalue weighted by Crippen LogP contribution is 2.23. The van der Waals surface area contributed by atoms with Gasteiger partial charge in [-0.2, -0.15) is 5.10 Å². The van der Waals surface area contributed by atoms with Crippen molar-refractivity contribution in [2.75, 3.05) is 5.32 Å². The number of hydrogen-bond acceptors (Lipinski definition) is 3. The molecule has 0 atom stereocenters. The highest BCUT2D eigenvalue weighted by molar-refractivity contribution is 6.17. The Hall–Kier alpha value is -2.13. The Bertz CT molecular complexity index is 707. The first-order chi connectivity index (χ1) is 9.36. The summed E-state index contributed by atoms with van der Waals surface area (Å²) in [5.74, 6) is 1.25. The number of rotatable bonds is 3. The molecule has 19 heavy (non-hydrogen) atoms. The summed E-state index contributed by atoms with van der Waals surface area (Å²) < 4.78 is 0. The number of aromatic nitrogens is 2. The van der Waals surface area contributed by atoms with Gasteiger partial charge in [-0.05, 0) is 17.7 Å². The molecule has 0 fully saturated rings. The van der Waals surface area contributed by atoms with Gasteiger partial charge in [0.05, 0.1) is 6.20 Å². The summed E-state index contributed by atoms with van der Waals surface area (Å²) in [6.45, 7) is 0. The van der Waals surface area contributed by atoms with Crippen molar-refractivity contribution in [3.63, 3.8) is 0 Å². The molecule has 0 aliphatic heterocycles. The zero-order valence-corrected chi connectivity index (χ0v) is 10.9. The molecule has 0 radical (unpaired) electrons. The van der Waals surface area contributed by atoms with E-state index in [1.807, 2.05) is 48.5 Å². The van der Waals surface area contributed by atoms with Crippen LogP contribution in [0.5, 0.6) is 0 Å². The van der Waals surface area contributed by atoms with Gasteiger partial charge in [0.25, 0.3) is 0 Å². The zero-order chi connectivity index (χ0) is 13.1. The molecular weight excluding hydrogens is 258 g/mol. The molecular formula is C15H12ClN3. The summed E-state index contributed by atoms with van der Waals surface area (Å²) in [6.07, 6.45) is 1.76. The first kappa shape index (κ1) is 11.9. The van der Waals surface area contributed by atoms with Crippen molar-refractivity contribution in [3.8, 4) is 0 Å². The van der Waals surface area contributed by atoms with E-state index in [0.29, 0.717) is 5.88 Å². The molecule has 4 heteroatoms. The van der Waals surface area contributed by atoms with Crippen molar-refractivity contribution in [1.29, 1.82) is 0 Å². The summed E-state index contributed by atoms with van der Waals surface area (Å²) in [5, 5.41) is 13.6. The molecule has 1 aromatic heterocycles. The Balaban J connectivity index is 2.01. The average Bonchev–Trinajstić information content (AvgIpc) is 2.48. The Morgan fingerprint density at radius 3 is 2.84 bits per heavy atom. The molecule has 0 aliphatic rings.